The van der Waals surface area contributed by atoms with E-state index in [0.29, 0.717) is 17.9 Å². The summed E-state index contributed by atoms with van der Waals surface area (Å²) in [5, 5.41) is 5.08. The molecule has 28 heavy (non-hydrogen) atoms. The predicted octanol–water partition coefficient (Wildman–Crippen LogP) is 5.00. The first kappa shape index (κ1) is 19.7. The van der Waals surface area contributed by atoms with Crippen molar-refractivity contribution in [3.63, 3.8) is 0 Å². The Morgan fingerprint density at radius 3 is 2.32 bits per heavy atom. The lowest BCUT2D eigenvalue weighted by atomic mass is 10.1. The van der Waals surface area contributed by atoms with Crippen LogP contribution in [0.1, 0.15) is 36.2 Å². The first-order valence-corrected chi connectivity index (χ1v) is 9.67. The van der Waals surface area contributed by atoms with Crippen LogP contribution in [0.3, 0.4) is 0 Å². The number of carbonyl (C=O) groups is 1. The number of aryl methyl sites for hydroxylation is 1. The van der Waals surface area contributed by atoms with Gasteiger partial charge >= 0.3 is 0 Å². The van der Waals surface area contributed by atoms with E-state index in [2.05, 4.69) is 17.4 Å². The number of hydrogen-bond donors (Lipinski definition) is 1. The van der Waals surface area contributed by atoms with Crippen LogP contribution in [0.5, 0.6) is 11.5 Å². The smallest absolute Gasteiger partial charge is 0.255 e. The van der Waals surface area contributed by atoms with Crippen molar-refractivity contribution in [3.05, 3.63) is 71.8 Å². The standard InChI is InChI=1S/C24H27NO3/c1-17(2)28-21-12-10-18(11-13-21)7-6-14-25-24(26)22-15-19-8-4-5-9-20(19)16-23(22)27-3/h4-5,8-13,15-17H,6-7,14H2,1-3H3,(H,25,26). The molecule has 0 unspecified atom stereocenters. The molecule has 4 nitrogen and oxygen atoms in total. The SMILES string of the molecule is COc1cc2ccccc2cc1C(=O)NCCCc1ccc(OC(C)C)cc1. The largest absolute Gasteiger partial charge is 0.496 e. The number of benzene rings is 3. The van der Waals surface area contributed by atoms with E-state index >= 15 is 0 Å². The van der Waals surface area contributed by atoms with Crippen molar-refractivity contribution in [2.75, 3.05) is 13.7 Å². The maximum atomic E-state index is 12.6. The van der Waals surface area contributed by atoms with Crippen LogP contribution in [0.2, 0.25) is 0 Å². The lowest BCUT2D eigenvalue weighted by Crippen LogP contribution is -2.25. The molecule has 0 bridgehead atoms. The van der Waals surface area contributed by atoms with Crippen molar-refractivity contribution in [2.45, 2.75) is 32.8 Å². The minimum atomic E-state index is -0.108. The van der Waals surface area contributed by atoms with Gasteiger partial charge in [0, 0.05) is 6.54 Å². The second kappa shape index (κ2) is 9.27. The molecule has 146 valence electrons. The summed E-state index contributed by atoms with van der Waals surface area (Å²) in [7, 11) is 1.59. The quantitative estimate of drug-likeness (QED) is 0.562. The van der Waals surface area contributed by atoms with E-state index in [0.717, 1.165) is 29.4 Å². The number of nitrogens with one attached hydrogen (secondary N) is 1. The normalized spacial score (nSPS) is 10.9. The van der Waals surface area contributed by atoms with Gasteiger partial charge in [-0.3, -0.25) is 4.79 Å². The van der Waals surface area contributed by atoms with Crippen LogP contribution in [-0.2, 0) is 6.42 Å². The van der Waals surface area contributed by atoms with Gasteiger partial charge in [-0.15, -0.1) is 0 Å². The molecule has 1 N–H and O–H groups in total. The van der Waals surface area contributed by atoms with Gasteiger partial charge in [-0.2, -0.15) is 0 Å². The fourth-order valence-corrected chi connectivity index (χ4v) is 3.16. The number of rotatable bonds is 8. The summed E-state index contributed by atoms with van der Waals surface area (Å²) in [6.45, 7) is 4.64. The first-order chi connectivity index (χ1) is 13.6. The average molecular weight is 377 g/mol. The van der Waals surface area contributed by atoms with Crippen molar-refractivity contribution in [3.8, 4) is 11.5 Å². The molecular formula is C24H27NO3. The van der Waals surface area contributed by atoms with Crippen LogP contribution >= 0.6 is 0 Å². The average Bonchev–Trinajstić information content (AvgIpc) is 2.70. The third kappa shape index (κ3) is 5.03. The number of methoxy groups -OCH3 is 1. The van der Waals surface area contributed by atoms with E-state index in [1.807, 2.05) is 62.4 Å². The molecule has 0 spiro atoms. The molecular weight excluding hydrogens is 350 g/mol. The fraction of sp³-hybridized carbons (Fsp3) is 0.292. The maximum Gasteiger partial charge on any atom is 0.255 e. The molecule has 0 radical (unpaired) electrons. The van der Waals surface area contributed by atoms with Crippen LogP contribution in [0, 0.1) is 0 Å². The molecule has 3 aromatic carbocycles. The highest BCUT2D eigenvalue weighted by Gasteiger charge is 2.13. The third-order valence-corrected chi connectivity index (χ3v) is 4.54. The predicted molar refractivity (Wildman–Crippen MR) is 113 cm³/mol. The van der Waals surface area contributed by atoms with Crippen LogP contribution < -0.4 is 14.8 Å². The lowest BCUT2D eigenvalue weighted by Gasteiger charge is -2.12. The van der Waals surface area contributed by atoms with Crippen molar-refractivity contribution in [1.29, 1.82) is 0 Å². The number of amides is 1. The van der Waals surface area contributed by atoms with Gasteiger partial charge in [0.2, 0.25) is 0 Å². The monoisotopic (exact) mass is 377 g/mol. The highest BCUT2D eigenvalue weighted by Crippen LogP contribution is 2.25. The fourth-order valence-electron chi connectivity index (χ4n) is 3.16. The molecule has 0 aliphatic rings. The van der Waals surface area contributed by atoms with E-state index in [1.165, 1.54) is 5.56 Å². The van der Waals surface area contributed by atoms with E-state index in [9.17, 15) is 4.79 Å². The Morgan fingerprint density at radius 2 is 1.68 bits per heavy atom. The van der Waals surface area contributed by atoms with E-state index in [1.54, 1.807) is 7.11 Å². The van der Waals surface area contributed by atoms with Crippen LogP contribution in [-0.4, -0.2) is 25.7 Å². The Balaban J connectivity index is 1.55. The van der Waals surface area contributed by atoms with Gasteiger partial charge in [0.1, 0.15) is 11.5 Å². The Kier molecular flexibility index (Phi) is 6.53. The molecule has 3 aromatic rings. The summed E-state index contributed by atoms with van der Waals surface area (Å²) >= 11 is 0. The zero-order valence-corrected chi connectivity index (χ0v) is 16.7. The van der Waals surface area contributed by atoms with E-state index in [4.69, 9.17) is 9.47 Å². The number of hydrogen-bond acceptors (Lipinski definition) is 3. The Bertz CT molecular complexity index is 932. The molecule has 0 atom stereocenters. The Labute approximate surface area is 166 Å². The number of carbonyl (C=O) groups excluding carboxylic acids is 1. The van der Waals surface area contributed by atoms with E-state index in [-0.39, 0.29) is 12.0 Å². The molecule has 0 saturated carbocycles. The van der Waals surface area contributed by atoms with Gasteiger partial charge in [-0.05, 0) is 67.3 Å². The van der Waals surface area contributed by atoms with Crippen molar-refractivity contribution in [2.24, 2.45) is 0 Å². The summed E-state index contributed by atoms with van der Waals surface area (Å²) in [6, 6.07) is 19.9. The summed E-state index contributed by atoms with van der Waals surface area (Å²) in [5.74, 6) is 1.37. The van der Waals surface area contributed by atoms with Gasteiger partial charge in [0.25, 0.3) is 5.91 Å². The number of fused-ring (bicyclic) bond motifs is 1. The van der Waals surface area contributed by atoms with Crippen LogP contribution in [0.4, 0.5) is 0 Å². The molecule has 0 aromatic heterocycles. The number of ether oxygens (including phenoxy) is 2. The van der Waals surface area contributed by atoms with Crippen LogP contribution in [0.25, 0.3) is 10.8 Å². The molecule has 1 amide bonds. The van der Waals surface area contributed by atoms with Gasteiger partial charge < -0.3 is 14.8 Å². The first-order valence-electron chi connectivity index (χ1n) is 9.67. The molecule has 3 rings (SSSR count). The molecule has 0 heterocycles. The van der Waals surface area contributed by atoms with Gasteiger partial charge in [0.15, 0.2) is 0 Å². The highest BCUT2D eigenvalue weighted by atomic mass is 16.5. The second-order valence-corrected chi connectivity index (χ2v) is 7.07. The lowest BCUT2D eigenvalue weighted by molar-refractivity contribution is 0.0950. The molecule has 0 saturated heterocycles. The minimum Gasteiger partial charge on any atom is -0.496 e. The third-order valence-electron chi connectivity index (χ3n) is 4.54. The van der Waals surface area contributed by atoms with Crippen molar-refractivity contribution >= 4 is 16.7 Å². The summed E-state index contributed by atoms with van der Waals surface area (Å²) in [6.07, 6.45) is 1.94. The highest BCUT2D eigenvalue weighted by molar-refractivity contribution is 6.01. The second-order valence-electron chi connectivity index (χ2n) is 7.07. The topological polar surface area (TPSA) is 47.6 Å². The zero-order valence-electron chi connectivity index (χ0n) is 16.7. The Hall–Kier alpha value is -3.01. The maximum absolute atomic E-state index is 12.6. The van der Waals surface area contributed by atoms with Gasteiger partial charge in [0.05, 0.1) is 18.8 Å². The minimum absolute atomic E-state index is 0.108. The summed E-state index contributed by atoms with van der Waals surface area (Å²) < 4.78 is 11.1. The van der Waals surface area contributed by atoms with Gasteiger partial charge in [-0.1, -0.05) is 36.4 Å². The molecule has 0 aliphatic heterocycles. The summed E-state index contributed by atoms with van der Waals surface area (Å²) in [5.41, 5.74) is 1.80. The summed E-state index contributed by atoms with van der Waals surface area (Å²) in [4.78, 5) is 12.6. The zero-order chi connectivity index (χ0) is 19.9. The van der Waals surface area contributed by atoms with Gasteiger partial charge in [-0.25, -0.2) is 0 Å². The molecule has 0 fully saturated rings. The Morgan fingerprint density at radius 1 is 1.00 bits per heavy atom. The molecule has 4 heteroatoms. The van der Waals surface area contributed by atoms with Crippen molar-refractivity contribution in [1.82, 2.24) is 5.32 Å². The van der Waals surface area contributed by atoms with Crippen molar-refractivity contribution < 1.29 is 14.3 Å². The van der Waals surface area contributed by atoms with Crippen LogP contribution in [0.15, 0.2) is 60.7 Å². The van der Waals surface area contributed by atoms with E-state index < -0.39 is 0 Å². The molecule has 0 aliphatic carbocycles.